The summed E-state index contributed by atoms with van der Waals surface area (Å²) in [5.41, 5.74) is 0. The van der Waals surface area contributed by atoms with Gasteiger partial charge in [0.25, 0.3) is 0 Å². The summed E-state index contributed by atoms with van der Waals surface area (Å²) in [7, 11) is 0. The summed E-state index contributed by atoms with van der Waals surface area (Å²) in [6.07, 6.45) is -1.11. The summed E-state index contributed by atoms with van der Waals surface area (Å²) in [6.45, 7) is 4.38. The van der Waals surface area contributed by atoms with Crippen LogP contribution in [0.2, 0.25) is 0 Å². The standard InChI is InChI=1S/C9H16NO4/c1-5-8(3-11)14-4-7(9(5)13)10-6(2)12/h4-5,7-9,11,13H,3H2,1-2H3,(H,10,12)/t5-,7?,8?,9-/m1/s1. The van der Waals surface area contributed by atoms with E-state index in [-0.39, 0.29) is 18.4 Å². The molecule has 14 heavy (non-hydrogen) atoms. The van der Waals surface area contributed by atoms with Crippen molar-refractivity contribution in [2.45, 2.75) is 32.1 Å². The summed E-state index contributed by atoms with van der Waals surface area (Å²) in [4.78, 5) is 10.8. The zero-order valence-corrected chi connectivity index (χ0v) is 8.30. The van der Waals surface area contributed by atoms with E-state index < -0.39 is 18.2 Å². The smallest absolute Gasteiger partial charge is 0.217 e. The van der Waals surface area contributed by atoms with Gasteiger partial charge in [-0.05, 0) is 0 Å². The van der Waals surface area contributed by atoms with Crippen LogP contribution in [0.15, 0.2) is 0 Å². The van der Waals surface area contributed by atoms with Gasteiger partial charge in [0.2, 0.25) is 5.91 Å². The minimum Gasteiger partial charge on any atom is -0.394 e. The molecule has 0 aromatic rings. The summed E-state index contributed by atoms with van der Waals surface area (Å²) >= 11 is 0. The maximum Gasteiger partial charge on any atom is 0.217 e. The maximum atomic E-state index is 10.8. The highest BCUT2D eigenvalue weighted by molar-refractivity contribution is 5.73. The Balaban J connectivity index is 2.54. The van der Waals surface area contributed by atoms with Crippen LogP contribution in [0.25, 0.3) is 0 Å². The molecule has 2 unspecified atom stereocenters. The number of carbonyl (C=O) groups excluding carboxylic acids is 1. The fourth-order valence-electron chi connectivity index (χ4n) is 1.50. The number of hydrogen-bond donors (Lipinski definition) is 3. The Kier molecular flexibility index (Phi) is 3.86. The van der Waals surface area contributed by atoms with Crippen LogP contribution in [0.5, 0.6) is 0 Å². The first-order valence-corrected chi connectivity index (χ1v) is 4.61. The van der Waals surface area contributed by atoms with E-state index in [1.54, 1.807) is 6.92 Å². The number of aliphatic hydroxyl groups excluding tert-OH is 2. The molecule has 3 N–H and O–H groups in total. The first-order valence-electron chi connectivity index (χ1n) is 4.61. The van der Waals surface area contributed by atoms with E-state index in [1.165, 1.54) is 13.5 Å². The lowest BCUT2D eigenvalue weighted by Crippen LogP contribution is -2.53. The van der Waals surface area contributed by atoms with Crippen LogP contribution in [-0.2, 0) is 9.53 Å². The lowest BCUT2D eigenvalue weighted by Gasteiger charge is -2.37. The van der Waals surface area contributed by atoms with Crippen LogP contribution < -0.4 is 5.32 Å². The zero-order valence-electron chi connectivity index (χ0n) is 8.30. The molecular formula is C9H16NO4. The normalized spacial score (nSPS) is 38.0. The van der Waals surface area contributed by atoms with Crippen molar-refractivity contribution in [2.75, 3.05) is 6.61 Å². The summed E-state index contributed by atoms with van der Waals surface area (Å²) < 4.78 is 5.17. The molecule has 4 atom stereocenters. The van der Waals surface area contributed by atoms with Crippen molar-refractivity contribution in [1.82, 2.24) is 5.32 Å². The van der Waals surface area contributed by atoms with Crippen molar-refractivity contribution in [3.05, 3.63) is 6.61 Å². The number of carbonyl (C=O) groups is 1. The molecule has 1 aliphatic heterocycles. The van der Waals surface area contributed by atoms with Gasteiger partial charge in [-0.25, -0.2) is 0 Å². The molecule has 0 aromatic carbocycles. The van der Waals surface area contributed by atoms with E-state index in [0.717, 1.165) is 0 Å². The molecule has 5 nitrogen and oxygen atoms in total. The van der Waals surface area contributed by atoms with E-state index in [4.69, 9.17) is 9.84 Å². The van der Waals surface area contributed by atoms with Crippen molar-refractivity contribution < 1.29 is 19.7 Å². The Morgan fingerprint density at radius 3 is 2.79 bits per heavy atom. The average molecular weight is 202 g/mol. The first-order chi connectivity index (χ1) is 6.56. The van der Waals surface area contributed by atoms with Crippen LogP contribution in [0, 0.1) is 12.5 Å². The SMILES string of the molecule is CC(=O)NC1[CH]OC(CO)[C@@H](C)[C@H]1O. The minimum atomic E-state index is -0.718. The molecule has 1 fully saturated rings. The second-order valence-corrected chi connectivity index (χ2v) is 3.57. The molecule has 81 valence electrons. The van der Waals surface area contributed by atoms with Crippen LogP contribution >= 0.6 is 0 Å². The third kappa shape index (κ3) is 2.43. The highest BCUT2D eigenvalue weighted by Gasteiger charge is 2.36. The van der Waals surface area contributed by atoms with E-state index in [9.17, 15) is 9.90 Å². The van der Waals surface area contributed by atoms with Gasteiger partial charge in [0.05, 0.1) is 24.9 Å². The predicted molar refractivity (Wildman–Crippen MR) is 49.0 cm³/mol. The van der Waals surface area contributed by atoms with Crippen LogP contribution in [0.4, 0.5) is 0 Å². The van der Waals surface area contributed by atoms with E-state index >= 15 is 0 Å². The summed E-state index contributed by atoms with van der Waals surface area (Å²) in [6, 6.07) is -0.495. The first kappa shape index (κ1) is 11.4. The monoisotopic (exact) mass is 202 g/mol. The molecular weight excluding hydrogens is 186 g/mol. The third-order valence-corrected chi connectivity index (χ3v) is 2.44. The minimum absolute atomic E-state index is 0.137. The lowest BCUT2D eigenvalue weighted by molar-refractivity contribution is -0.126. The lowest BCUT2D eigenvalue weighted by atomic mass is 9.90. The van der Waals surface area contributed by atoms with Gasteiger partial charge in [0.1, 0.15) is 6.61 Å². The number of ether oxygens (including phenoxy) is 1. The van der Waals surface area contributed by atoms with Crippen molar-refractivity contribution >= 4 is 5.91 Å². The number of hydrogen-bond acceptors (Lipinski definition) is 4. The Morgan fingerprint density at radius 2 is 2.29 bits per heavy atom. The molecule has 0 aliphatic carbocycles. The van der Waals surface area contributed by atoms with E-state index in [0.29, 0.717) is 0 Å². The second-order valence-electron chi connectivity index (χ2n) is 3.57. The molecule has 0 saturated carbocycles. The van der Waals surface area contributed by atoms with Crippen molar-refractivity contribution in [3.63, 3.8) is 0 Å². The molecule has 1 amide bonds. The number of rotatable bonds is 2. The molecule has 0 spiro atoms. The van der Waals surface area contributed by atoms with Crippen LogP contribution in [-0.4, -0.2) is 41.0 Å². The highest BCUT2D eigenvalue weighted by Crippen LogP contribution is 2.23. The van der Waals surface area contributed by atoms with E-state index in [1.807, 2.05) is 0 Å². The van der Waals surface area contributed by atoms with E-state index in [2.05, 4.69) is 5.32 Å². The van der Waals surface area contributed by atoms with Gasteiger partial charge in [0.15, 0.2) is 0 Å². The van der Waals surface area contributed by atoms with Crippen molar-refractivity contribution in [2.24, 2.45) is 5.92 Å². The van der Waals surface area contributed by atoms with Crippen LogP contribution in [0.1, 0.15) is 13.8 Å². The van der Waals surface area contributed by atoms with Gasteiger partial charge in [-0.2, -0.15) is 0 Å². The largest absolute Gasteiger partial charge is 0.394 e. The fraction of sp³-hybridized carbons (Fsp3) is 0.778. The van der Waals surface area contributed by atoms with Gasteiger partial charge in [-0.3, -0.25) is 4.79 Å². The number of aliphatic hydroxyl groups is 2. The van der Waals surface area contributed by atoms with Crippen molar-refractivity contribution in [1.29, 1.82) is 0 Å². The Bertz CT molecular complexity index is 209. The maximum absolute atomic E-state index is 10.8. The van der Waals surface area contributed by atoms with Gasteiger partial charge < -0.3 is 20.3 Å². The molecule has 1 radical (unpaired) electrons. The molecule has 1 aliphatic rings. The Labute approximate surface area is 83.1 Å². The molecule has 1 saturated heterocycles. The second kappa shape index (κ2) is 4.72. The van der Waals surface area contributed by atoms with Crippen LogP contribution in [0.3, 0.4) is 0 Å². The topological polar surface area (TPSA) is 78.8 Å². The van der Waals surface area contributed by atoms with Gasteiger partial charge in [-0.1, -0.05) is 6.92 Å². The average Bonchev–Trinajstić information content (AvgIpc) is 2.13. The van der Waals surface area contributed by atoms with Gasteiger partial charge in [0, 0.05) is 12.8 Å². The molecule has 1 rings (SSSR count). The summed E-state index contributed by atoms with van der Waals surface area (Å²) in [5.74, 6) is -0.426. The molecule has 0 aromatic heterocycles. The predicted octanol–water partition coefficient (Wildman–Crippen LogP) is -0.959. The number of nitrogens with one attached hydrogen (secondary N) is 1. The van der Waals surface area contributed by atoms with Gasteiger partial charge >= 0.3 is 0 Å². The quantitative estimate of drug-likeness (QED) is 0.539. The zero-order chi connectivity index (χ0) is 10.7. The highest BCUT2D eigenvalue weighted by atomic mass is 16.5. The molecule has 1 heterocycles. The number of amides is 1. The van der Waals surface area contributed by atoms with Gasteiger partial charge in [-0.15, -0.1) is 0 Å². The Hall–Kier alpha value is -0.650. The Morgan fingerprint density at radius 1 is 1.64 bits per heavy atom. The molecule has 5 heteroatoms. The summed E-state index contributed by atoms with van der Waals surface area (Å²) in [5, 5.41) is 21.2. The fourth-order valence-corrected chi connectivity index (χ4v) is 1.50. The molecule has 0 bridgehead atoms. The van der Waals surface area contributed by atoms with Crippen molar-refractivity contribution in [3.8, 4) is 0 Å². The third-order valence-electron chi connectivity index (χ3n) is 2.44.